The number of rotatable bonds is 6. The molecule has 1 unspecified atom stereocenters. The van der Waals surface area contributed by atoms with Crippen molar-refractivity contribution in [2.24, 2.45) is 0 Å². The number of benzene rings is 2. The minimum atomic E-state index is -1.05. The zero-order valence-corrected chi connectivity index (χ0v) is 25.0. The predicted molar refractivity (Wildman–Crippen MR) is 162 cm³/mol. The molecule has 3 aromatic heterocycles. The number of fused-ring (bicyclic) bond motifs is 1. The molecule has 1 amide bonds. The summed E-state index contributed by atoms with van der Waals surface area (Å²) in [7, 11) is 0. The van der Waals surface area contributed by atoms with Gasteiger partial charge in [-0.3, -0.25) is 18.9 Å². The van der Waals surface area contributed by atoms with Crippen molar-refractivity contribution in [2.45, 2.75) is 23.1 Å². The number of carbonyl (C=O) groups is 2. The Morgan fingerprint density at radius 3 is 2.56 bits per heavy atom. The van der Waals surface area contributed by atoms with E-state index in [4.69, 9.17) is 34.8 Å². The highest BCUT2D eigenvalue weighted by Crippen LogP contribution is 2.45. The molecule has 1 aliphatic rings. The Labute approximate surface area is 257 Å². The van der Waals surface area contributed by atoms with Gasteiger partial charge in [-0.15, -0.1) is 10.2 Å². The van der Waals surface area contributed by atoms with Gasteiger partial charge in [-0.1, -0.05) is 88.2 Å². The number of thioether (sulfide) groups is 1. The molecule has 1 aliphatic heterocycles. The van der Waals surface area contributed by atoms with Crippen LogP contribution in [0.2, 0.25) is 15.1 Å². The molecule has 1 N–H and O–H groups in total. The van der Waals surface area contributed by atoms with Crippen LogP contribution in [0.15, 0.2) is 76.8 Å². The van der Waals surface area contributed by atoms with Gasteiger partial charge in [-0.25, -0.2) is 4.98 Å². The number of imidazole rings is 1. The number of aliphatic hydroxyl groups is 1. The number of hydrogen-bond acceptors (Lipinski definition) is 8. The summed E-state index contributed by atoms with van der Waals surface area (Å²) >= 11 is 21.4. The number of ketones is 1. The van der Waals surface area contributed by atoms with Crippen LogP contribution in [0.3, 0.4) is 0 Å². The van der Waals surface area contributed by atoms with E-state index >= 15 is 0 Å². The molecule has 206 valence electrons. The van der Waals surface area contributed by atoms with Gasteiger partial charge >= 0.3 is 5.91 Å². The maximum absolute atomic E-state index is 13.6. The van der Waals surface area contributed by atoms with E-state index in [1.807, 2.05) is 30.3 Å². The van der Waals surface area contributed by atoms with Crippen molar-refractivity contribution < 1.29 is 14.7 Å². The standard InChI is InChI=1S/C28H18Cl3N5O3S2/c1-14-22(35-11-5-4-8-20(35)32-14)24(37)21-23(15-9-10-18(30)19(31)12-15)36(26(39)25(21)38)27-33-34-28(41-27)40-13-16-6-2-3-7-17(16)29/h2-12,23,37H,13H2,1H3/b24-21+. The summed E-state index contributed by atoms with van der Waals surface area (Å²) in [5.74, 6) is -1.55. The van der Waals surface area contributed by atoms with Crippen LogP contribution in [-0.2, 0) is 15.3 Å². The Morgan fingerprint density at radius 2 is 1.78 bits per heavy atom. The number of halogens is 3. The molecule has 13 heteroatoms. The smallest absolute Gasteiger partial charge is 0.301 e. The van der Waals surface area contributed by atoms with Crippen LogP contribution >= 0.6 is 57.9 Å². The van der Waals surface area contributed by atoms with E-state index in [0.717, 1.165) is 16.9 Å². The van der Waals surface area contributed by atoms with Crippen molar-refractivity contribution in [3.63, 3.8) is 0 Å². The summed E-state index contributed by atoms with van der Waals surface area (Å²) in [6.45, 7) is 1.72. The van der Waals surface area contributed by atoms with E-state index in [1.54, 1.807) is 47.9 Å². The number of Topliss-reactive ketones (excluding diaryl/α,β-unsaturated/α-hetero) is 1. The third-order valence-electron chi connectivity index (χ3n) is 6.54. The lowest BCUT2D eigenvalue weighted by Gasteiger charge is -2.22. The number of amides is 1. The number of anilines is 1. The van der Waals surface area contributed by atoms with Gasteiger partial charge in [0.15, 0.2) is 10.1 Å². The van der Waals surface area contributed by atoms with Crippen LogP contribution in [-0.4, -0.2) is 36.4 Å². The molecule has 2 aromatic carbocycles. The molecule has 0 saturated carbocycles. The minimum absolute atomic E-state index is 0.123. The summed E-state index contributed by atoms with van der Waals surface area (Å²) in [5, 5.41) is 21.5. The molecule has 4 heterocycles. The van der Waals surface area contributed by atoms with Gasteiger partial charge in [0.1, 0.15) is 11.3 Å². The monoisotopic (exact) mass is 641 g/mol. The van der Waals surface area contributed by atoms with Crippen LogP contribution in [0.4, 0.5) is 5.13 Å². The normalized spacial score (nSPS) is 16.7. The van der Waals surface area contributed by atoms with Crippen LogP contribution in [0, 0.1) is 6.92 Å². The lowest BCUT2D eigenvalue weighted by Crippen LogP contribution is -2.29. The molecule has 6 rings (SSSR count). The number of carbonyl (C=O) groups excluding carboxylic acids is 2. The van der Waals surface area contributed by atoms with Crippen LogP contribution in [0.5, 0.6) is 0 Å². The second-order valence-corrected chi connectivity index (χ2v) is 12.4. The topological polar surface area (TPSA) is 101 Å². The fraction of sp³-hybridized carbons (Fsp3) is 0.107. The molecular formula is C28H18Cl3N5O3S2. The molecule has 5 aromatic rings. The number of pyridine rings is 1. The van der Waals surface area contributed by atoms with Crippen LogP contribution in [0.25, 0.3) is 11.4 Å². The molecule has 1 saturated heterocycles. The molecule has 0 spiro atoms. The molecule has 1 fully saturated rings. The fourth-order valence-electron chi connectivity index (χ4n) is 4.67. The first-order valence-corrected chi connectivity index (χ1v) is 15.1. The first-order valence-electron chi connectivity index (χ1n) is 12.1. The molecular weight excluding hydrogens is 625 g/mol. The molecule has 8 nitrogen and oxygen atoms in total. The third-order valence-corrected chi connectivity index (χ3v) is 9.76. The van der Waals surface area contributed by atoms with Crippen LogP contribution < -0.4 is 4.90 Å². The van der Waals surface area contributed by atoms with E-state index in [1.165, 1.54) is 16.7 Å². The van der Waals surface area contributed by atoms with E-state index in [9.17, 15) is 14.7 Å². The van der Waals surface area contributed by atoms with Gasteiger partial charge in [0, 0.05) is 17.0 Å². The second-order valence-electron chi connectivity index (χ2n) is 9.05. The Hall–Kier alpha value is -3.41. The fourth-order valence-corrected chi connectivity index (χ4v) is 7.13. The lowest BCUT2D eigenvalue weighted by atomic mass is 9.96. The van der Waals surface area contributed by atoms with Gasteiger partial charge < -0.3 is 5.11 Å². The first kappa shape index (κ1) is 27.7. The minimum Gasteiger partial charge on any atom is -0.505 e. The van der Waals surface area contributed by atoms with Crippen LogP contribution in [0.1, 0.15) is 28.6 Å². The van der Waals surface area contributed by atoms with Crippen molar-refractivity contribution in [3.8, 4) is 0 Å². The maximum Gasteiger partial charge on any atom is 0.301 e. The van der Waals surface area contributed by atoms with Crippen molar-refractivity contribution in [3.05, 3.63) is 110 Å². The van der Waals surface area contributed by atoms with Gasteiger partial charge in [-0.05, 0) is 48.4 Å². The molecule has 1 atom stereocenters. The zero-order valence-electron chi connectivity index (χ0n) is 21.1. The summed E-state index contributed by atoms with van der Waals surface area (Å²) in [6, 6.07) is 16.6. The number of aromatic nitrogens is 4. The average molecular weight is 643 g/mol. The largest absolute Gasteiger partial charge is 0.505 e. The summed E-state index contributed by atoms with van der Waals surface area (Å²) in [5.41, 5.74) is 2.64. The SMILES string of the molecule is Cc1nc2ccccn2c1/C(O)=C1\C(=O)C(=O)N(c2nnc(SCc3ccccc3Cl)s2)C1c1ccc(Cl)c(Cl)c1. The van der Waals surface area contributed by atoms with E-state index in [0.29, 0.717) is 42.7 Å². The summed E-state index contributed by atoms with van der Waals surface area (Å²) in [6.07, 6.45) is 1.72. The van der Waals surface area contributed by atoms with Crippen molar-refractivity contribution in [2.75, 3.05) is 4.90 Å². The Kier molecular flexibility index (Phi) is 7.52. The van der Waals surface area contributed by atoms with Gasteiger partial charge in [-0.2, -0.15) is 0 Å². The number of hydrogen-bond donors (Lipinski definition) is 1. The van der Waals surface area contributed by atoms with Crippen molar-refractivity contribution in [1.82, 2.24) is 19.6 Å². The highest BCUT2D eigenvalue weighted by atomic mass is 35.5. The molecule has 41 heavy (non-hydrogen) atoms. The summed E-state index contributed by atoms with van der Waals surface area (Å²) < 4.78 is 2.24. The van der Waals surface area contributed by atoms with Gasteiger partial charge in [0.2, 0.25) is 5.13 Å². The number of aryl methyl sites for hydroxylation is 1. The van der Waals surface area contributed by atoms with Gasteiger partial charge in [0.25, 0.3) is 5.78 Å². The molecule has 0 radical (unpaired) electrons. The lowest BCUT2D eigenvalue weighted by molar-refractivity contribution is -0.132. The quantitative estimate of drug-likeness (QED) is 0.0678. The molecule has 0 aliphatic carbocycles. The van der Waals surface area contributed by atoms with Gasteiger partial charge in [0.05, 0.1) is 27.4 Å². The highest BCUT2D eigenvalue weighted by Gasteiger charge is 2.49. The third kappa shape index (κ3) is 5.00. The number of nitrogens with zero attached hydrogens (tertiary/aromatic N) is 5. The maximum atomic E-state index is 13.6. The van der Waals surface area contributed by atoms with Crippen molar-refractivity contribution in [1.29, 1.82) is 0 Å². The first-order chi connectivity index (χ1) is 19.7. The second kappa shape index (κ2) is 11.1. The Bertz CT molecular complexity index is 1890. The average Bonchev–Trinajstić information content (AvgIpc) is 3.63. The molecule has 0 bridgehead atoms. The van der Waals surface area contributed by atoms with E-state index in [-0.39, 0.29) is 21.5 Å². The Balaban J connectivity index is 1.46. The van der Waals surface area contributed by atoms with E-state index < -0.39 is 17.7 Å². The predicted octanol–water partition coefficient (Wildman–Crippen LogP) is 7.37. The number of aliphatic hydroxyl groups excluding tert-OH is 1. The summed E-state index contributed by atoms with van der Waals surface area (Å²) in [4.78, 5) is 32.9. The van der Waals surface area contributed by atoms with E-state index in [2.05, 4.69) is 15.2 Å². The zero-order chi connectivity index (χ0) is 28.8. The highest BCUT2D eigenvalue weighted by molar-refractivity contribution is 8.00. The Morgan fingerprint density at radius 1 is 1.00 bits per heavy atom. The van der Waals surface area contributed by atoms with Crippen molar-refractivity contribution >= 4 is 86.1 Å².